The van der Waals surface area contributed by atoms with Gasteiger partial charge in [0.25, 0.3) is 0 Å². The standard InChI is InChI=1S/C28H33N9O5/c29-20(9-17-12-30-14-33-17)25(38)35-22(10-18-13-31-15-34-18)26(39)36-23(27(40)37-7-3-6-24(37)28(41)42)8-16-11-32-21-5-2-1-4-19(16)21/h1-2,4-5,11-15,20,22-24,32H,3,6-10,29H2,(H,30,33)(H,31,34)(H,35,38)(H,36,39)(H,41,42). The maximum atomic E-state index is 13.8. The number of likely N-dealkylation sites (tertiary alicyclic amines) is 1. The summed E-state index contributed by atoms with van der Waals surface area (Å²) in [5.74, 6) is -2.76. The van der Waals surface area contributed by atoms with E-state index in [1.165, 1.54) is 23.8 Å². The molecule has 0 spiro atoms. The number of benzene rings is 1. The van der Waals surface area contributed by atoms with Crippen LogP contribution in [0.5, 0.6) is 0 Å². The highest BCUT2D eigenvalue weighted by atomic mass is 16.4. The highest BCUT2D eigenvalue weighted by molar-refractivity contribution is 5.95. The quantitative estimate of drug-likeness (QED) is 0.122. The first kappa shape index (κ1) is 28.5. The molecule has 1 fully saturated rings. The number of nitrogens with zero attached hydrogens (tertiary/aromatic N) is 3. The van der Waals surface area contributed by atoms with E-state index in [0.29, 0.717) is 24.2 Å². The van der Waals surface area contributed by atoms with Gasteiger partial charge in [-0.1, -0.05) is 18.2 Å². The third kappa shape index (κ3) is 6.49. The lowest BCUT2D eigenvalue weighted by Gasteiger charge is -2.29. The van der Waals surface area contributed by atoms with Gasteiger partial charge in [0.1, 0.15) is 18.1 Å². The molecule has 0 bridgehead atoms. The summed E-state index contributed by atoms with van der Waals surface area (Å²) in [6, 6.07) is 3.44. The van der Waals surface area contributed by atoms with Crippen LogP contribution in [0.15, 0.2) is 55.5 Å². The highest BCUT2D eigenvalue weighted by Crippen LogP contribution is 2.23. The second kappa shape index (κ2) is 12.7. The molecular formula is C28H33N9O5. The molecular weight excluding hydrogens is 542 g/mol. The van der Waals surface area contributed by atoms with E-state index in [2.05, 4.69) is 35.6 Å². The molecule has 3 aromatic heterocycles. The van der Waals surface area contributed by atoms with Crippen molar-refractivity contribution in [3.05, 3.63) is 72.5 Å². The SMILES string of the molecule is NC(Cc1cnc[nH]1)C(=O)NC(Cc1cnc[nH]1)C(=O)NC(Cc1c[nH]c2ccccc12)C(=O)N1CCCC1C(=O)O. The van der Waals surface area contributed by atoms with E-state index in [4.69, 9.17) is 5.73 Å². The number of aliphatic carboxylic acids is 1. The zero-order valence-electron chi connectivity index (χ0n) is 22.7. The summed E-state index contributed by atoms with van der Waals surface area (Å²) in [6.07, 6.45) is 9.04. The van der Waals surface area contributed by atoms with Crippen LogP contribution in [0.3, 0.4) is 0 Å². The maximum Gasteiger partial charge on any atom is 0.326 e. The van der Waals surface area contributed by atoms with Gasteiger partial charge in [-0.2, -0.15) is 0 Å². The number of carboxylic acid groups (broad SMARTS) is 1. The first-order valence-electron chi connectivity index (χ1n) is 13.7. The van der Waals surface area contributed by atoms with Crippen LogP contribution in [0.25, 0.3) is 10.9 Å². The molecule has 0 saturated carbocycles. The molecule has 3 amide bonds. The van der Waals surface area contributed by atoms with Gasteiger partial charge in [-0.05, 0) is 24.5 Å². The molecule has 0 radical (unpaired) electrons. The minimum Gasteiger partial charge on any atom is -0.480 e. The number of imidazole rings is 2. The Morgan fingerprint density at radius 2 is 1.64 bits per heavy atom. The number of fused-ring (bicyclic) bond motifs is 1. The predicted molar refractivity (Wildman–Crippen MR) is 151 cm³/mol. The fourth-order valence-corrected chi connectivity index (χ4v) is 5.31. The number of rotatable bonds is 12. The Bertz CT molecular complexity index is 1530. The van der Waals surface area contributed by atoms with Crippen LogP contribution in [0.4, 0.5) is 0 Å². The predicted octanol–water partition coefficient (Wildman–Crippen LogP) is 0.0145. The molecule has 4 unspecified atom stereocenters. The number of hydrogen-bond acceptors (Lipinski definition) is 7. The van der Waals surface area contributed by atoms with Crippen molar-refractivity contribution in [2.45, 2.75) is 56.3 Å². The highest BCUT2D eigenvalue weighted by Gasteiger charge is 2.39. The van der Waals surface area contributed by atoms with Gasteiger partial charge in [-0.25, -0.2) is 14.8 Å². The maximum absolute atomic E-state index is 13.8. The van der Waals surface area contributed by atoms with E-state index in [-0.39, 0.29) is 25.8 Å². The van der Waals surface area contributed by atoms with Crippen LogP contribution >= 0.6 is 0 Å². The number of carbonyl (C=O) groups excluding carboxylic acids is 3. The third-order valence-corrected chi connectivity index (χ3v) is 7.48. The smallest absolute Gasteiger partial charge is 0.326 e. The molecule has 14 heteroatoms. The summed E-state index contributed by atoms with van der Waals surface area (Å²) in [5.41, 5.74) is 9.01. The van der Waals surface area contributed by atoms with Crippen LogP contribution in [-0.4, -0.2) is 89.3 Å². The second-order valence-electron chi connectivity index (χ2n) is 10.4. The van der Waals surface area contributed by atoms with Crippen molar-refractivity contribution in [3.63, 3.8) is 0 Å². The van der Waals surface area contributed by atoms with Crippen LogP contribution in [0, 0.1) is 0 Å². The molecule has 5 rings (SSSR count). The second-order valence-corrected chi connectivity index (χ2v) is 10.4. The first-order chi connectivity index (χ1) is 20.3. The Labute approximate surface area is 240 Å². The van der Waals surface area contributed by atoms with Crippen molar-refractivity contribution in [2.24, 2.45) is 5.73 Å². The van der Waals surface area contributed by atoms with Crippen LogP contribution < -0.4 is 16.4 Å². The largest absolute Gasteiger partial charge is 0.480 e. The van der Waals surface area contributed by atoms with Crippen LogP contribution in [0.2, 0.25) is 0 Å². The molecule has 8 N–H and O–H groups in total. The third-order valence-electron chi connectivity index (χ3n) is 7.48. The average Bonchev–Trinajstić information content (AvgIpc) is 3.80. The molecule has 1 aliphatic heterocycles. The van der Waals surface area contributed by atoms with Gasteiger partial charge in [0.2, 0.25) is 17.7 Å². The number of carboxylic acids is 1. The zero-order valence-corrected chi connectivity index (χ0v) is 22.7. The molecule has 4 atom stereocenters. The van der Waals surface area contributed by atoms with Gasteiger partial charge in [-0.15, -0.1) is 0 Å². The lowest BCUT2D eigenvalue weighted by Crippen LogP contribution is -2.58. The van der Waals surface area contributed by atoms with Gasteiger partial charge >= 0.3 is 5.97 Å². The molecule has 14 nitrogen and oxygen atoms in total. The van der Waals surface area contributed by atoms with E-state index in [9.17, 15) is 24.3 Å². The summed E-state index contributed by atoms with van der Waals surface area (Å²) < 4.78 is 0. The summed E-state index contributed by atoms with van der Waals surface area (Å²) in [4.78, 5) is 70.7. The first-order valence-corrected chi connectivity index (χ1v) is 13.7. The number of nitrogens with one attached hydrogen (secondary N) is 5. The Hall–Kier alpha value is -4.98. The summed E-state index contributed by atoms with van der Waals surface area (Å²) >= 11 is 0. The Morgan fingerprint density at radius 3 is 2.33 bits per heavy atom. The summed E-state index contributed by atoms with van der Waals surface area (Å²) in [7, 11) is 0. The molecule has 0 aliphatic carbocycles. The van der Waals surface area contributed by atoms with Crippen LogP contribution in [-0.2, 0) is 38.4 Å². The van der Waals surface area contributed by atoms with Gasteiger partial charge in [-0.3, -0.25) is 14.4 Å². The van der Waals surface area contributed by atoms with Gasteiger partial charge in [0.15, 0.2) is 0 Å². The number of amides is 3. The zero-order chi connectivity index (χ0) is 29.6. The summed E-state index contributed by atoms with van der Waals surface area (Å²) in [6.45, 7) is 0.271. The van der Waals surface area contributed by atoms with Gasteiger partial charge in [0.05, 0.1) is 18.7 Å². The lowest BCUT2D eigenvalue weighted by atomic mass is 10.0. The number of nitrogens with two attached hydrogens (primary N) is 1. The topological polar surface area (TPSA) is 215 Å². The van der Waals surface area contributed by atoms with E-state index >= 15 is 0 Å². The molecule has 1 aliphatic rings. The summed E-state index contributed by atoms with van der Waals surface area (Å²) in [5, 5.41) is 16.1. The number of para-hydroxylation sites is 1. The van der Waals surface area contributed by atoms with E-state index in [1.54, 1.807) is 12.4 Å². The number of hydrogen-bond donors (Lipinski definition) is 7. The number of carbonyl (C=O) groups is 4. The molecule has 42 heavy (non-hydrogen) atoms. The fraction of sp³-hybridized carbons (Fsp3) is 0.357. The van der Waals surface area contributed by atoms with Gasteiger partial charge in [0, 0.05) is 66.7 Å². The van der Waals surface area contributed by atoms with Crippen LogP contribution in [0.1, 0.15) is 29.8 Å². The van der Waals surface area contributed by atoms with E-state index in [0.717, 1.165) is 16.5 Å². The average molecular weight is 576 g/mol. The Kier molecular flexibility index (Phi) is 8.62. The van der Waals surface area contributed by atoms with Gasteiger partial charge < -0.3 is 41.3 Å². The minimum atomic E-state index is -1.10. The Morgan fingerprint density at radius 1 is 0.952 bits per heavy atom. The molecule has 1 aromatic carbocycles. The van der Waals surface area contributed by atoms with E-state index in [1.807, 2.05) is 24.3 Å². The van der Waals surface area contributed by atoms with Crippen molar-refractivity contribution in [2.75, 3.05) is 6.54 Å². The number of aromatic nitrogens is 5. The number of H-pyrrole nitrogens is 3. The van der Waals surface area contributed by atoms with E-state index < -0.39 is 47.9 Å². The molecule has 1 saturated heterocycles. The van der Waals surface area contributed by atoms with Crippen molar-refractivity contribution < 1.29 is 24.3 Å². The Balaban J connectivity index is 1.38. The molecule has 220 valence electrons. The van der Waals surface area contributed by atoms with Crippen molar-refractivity contribution in [1.29, 1.82) is 0 Å². The van der Waals surface area contributed by atoms with Crippen molar-refractivity contribution in [3.8, 4) is 0 Å². The van der Waals surface area contributed by atoms with Crippen molar-refractivity contribution in [1.82, 2.24) is 40.5 Å². The monoisotopic (exact) mass is 575 g/mol. The molecule has 4 aromatic rings. The van der Waals surface area contributed by atoms with Crippen molar-refractivity contribution >= 4 is 34.6 Å². The minimum absolute atomic E-state index is 0.0593. The fourth-order valence-electron chi connectivity index (χ4n) is 5.31. The lowest BCUT2D eigenvalue weighted by molar-refractivity contribution is -0.149. The molecule has 4 heterocycles. The number of aromatic amines is 3. The normalized spacial score (nSPS) is 17.1.